The molecule has 1 aromatic rings. The Hall–Kier alpha value is -1.78. The normalized spacial score (nSPS) is 16.3. The lowest BCUT2D eigenvalue weighted by Gasteiger charge is -2.41. The highest BCUT2D eigenvalue weighted by molar-refractivity contribution is 5.68. The van der Waals surface area contributed by atoms with Crippen LogP contribution in [-0.4, -0.2) is 18.1 Å². The van der Waals surface area contributed by atoms with Crippen LogP contribution in [0.15, 0.2) is 18.2 Å². The predicted molar refractivity (Wildman–Crippen MR) is 79.3 cm³/mol. The zero-order chi connectivity index (χ0) is 14.6. The largest absolute Gasteiger partial charge is 0.487 e. The number of nitro benzene ring substituents is 1. The Balaban J connectivity index is 2.18. The number of nitrogens with zero attached hydrogens (tertiary/aromatic N) is 1. The van der Waals surface area contributed by atoms with Crippen molar-refractivity contribution >= 4 is 11.4 Å². The van der Waals surface area contributed by atoms with Crippen molar-refractivity contribution in [1.82, 2.24) is 0 Å². The van der Waals surface area contributed by atoms with Gasteiger partial charge in [-0.25, -0.2) is 0 Å². The van der Waals surface area contributed by atoms with Crippen molar-refractivity contribution in [3.8, 4) is 5.75 Å². The first-order chi connectivity index (χ1) is 9.62. The number of hydrogen-bond donors (Lipinski definition) is 1. The number of ether oxygens (including phenoxy) is 1. The van der Waals surface area contributed by atoms with Crippen molar-refractivity contribution in [2.24, 2.45) is 5.41 Å². The van der Waals surface area contributed by atoms with Gasteiger partial charge >= 0.3 is 5.69 Å². The lowest BCUT2D eigenvalue weighted by Crippen LogP contribution is -2.35. The molecule has 2 rings (SSSR count). The Bertz CT molecular complexity index is 478. The summed E-state index contributed by atoms with van der Waals surface area (Å²) >= 11 is 0. The number of nitrogens with one attached hydrogen (secondary N) is 1. The van der Waals surface area contributed by atoms with Crippen LogP contribution < -0.4 is 10.1 Å². The average Bonchev–Trinajstić information content (AvgIpc) is 2.38. The van der Waals surface area contributed by atoms with E-state index in [2.05, 4.69) is 12.2 Å². The third-order valence-electron chi connectivity index (χ3n) is 4.30. The fourth-order valence-corrected chi connectivity index (χ4v) is 2.74. The molecule has 0 radical (unpaired) electrons. The van der Waals surface area contributed by atoms with Crippen LogP contribution in [0.3, 0.4) is 0 Å². The van der Waals surface area contributed by atoms with Crippen molar-refractivity contribution in [3.63, 3.8) is 0 Å². The van der Waals surface area contributed by atoms with Crippen molar-refractivity contribution < 1.29 is 9.66 Å². The minimum absolute atomic E-state index is 0.0416. The maximum atomic E-state index is 11.3. The highest BCUT2D eigenvalue weighted by Gasteiger charge is 2.35. The van der Waals surface area contributed by atoms with Gasteiger partial charge in [0.05, 0.1) is 11.5 Å². The lowest BCUT2D eigenvalue weighted by molar-refractivity contribution is -0.384. The van der Waals surface area contributed by atoms with E-state index in [9.17, 15) is 10.1 Å². The quantitative estimate of drug-likeness (QED) is 0.605. The maximum Gasteiger partial charge on any atom is 0.333 e. The molecule has 5 heteroatoms. The van der Waals surface area contributed by atoms with Crippen molar-refractivity contribution in [2.45, 2.75) is 39.5 Å². The summed E-state index contributed by atoms with van der Waals surface area (Å²) in [5.74, 6) is 0.335. The predicted octanol–water partition coefficient (Wildman–Crippen LogP) is 3.99. The molecule has 1 aliphatic carbocycles. The van der Waals surface area contributed by atoms with E-state index >= 15 is 0 Å². The van der Waals surface area contributed by atoms with Crippen molar-refractivity contribution in [1.29, 1.82) is 0 Å². The van der Waals surface area contributed by atoms with Crippen LogP contribution in [-0.2, 0) is 0 Å². The summed E-state index contributed by atoms with van der Waals surface area (Å²) in [6, 6.07) is 5.19. The summed E-state index contributed by atoms with van der Waals surface area (Å²) in [6.45, 7) is 5.22. The van der Waals surface area contributed by atoms with Crippen LogP contribution in [0.2, 0.25) is 0 Å². The number of anilines is 1. The molecule has 0 unspecified atom stereocenters. The van der Waals surface area contributed by atoms with E-state index < -0.39 is 0 Å². The molecule has 0 atom stereocenters. The Kier molecular flexibility index (Phi) is 4.47. The second-order valence-electron chi connectivity index (χ2n) is 5.40. The van der Waals surface area contributed by atoms with Gasteiger partial charge in [0.1, 0.15) is 5.69 Å². The molecule has 0 saturated heterocycles. The van der Waals surface area contributed by atoms with E-state index in [0.29, 0.717) is 23.5 Å². The molecule has 1 aliphatic rings. The molecule has 110 valence electrons. The van der Waals surface area contributed by atoms with Gasteiger partial charge < -0.3 is 10.1 Å². The second kappa shape index (κ2) is 6.11. The summed E-state index contributed by atoms with van der Waals surface area (Å²) in [7, 11) is 0. The number of rotatable bonds is 7. The molecular formula is C15H22N2O3. The Morgan fingerprint density at radius 3 is 2.65 bits per heavy atom. The van der Waals surface area contributed by atoms with Crippen LogP contribution in [0.1, 0.15) is 39.5 Å². The van der Waals surface area contributed by atoms with E-state index in [4.69, 9.17) is 4.74 Å². The van der Waals surface area contributed by atoms with E-state index in [1.807, 2.05) is 6.92 Å². The molecule has 0 heterocycles. The molecule has 20 heavy (non-hydrogen) atoms. The Morgan fingerprint density at radius 2 is 2.15 bits per heavy atom. The Labute approximate surface area is 119 Å². The first-order valence-corrected chi connectivity index (χ1v) is 7.26. The molecule has 1 saturated carbocycles. The number of benzene rings is 1. The summed E-state index contributed by atoms with van der Waals surface area (Å²) in [5.41, 5.74) is 0.913. The zero-order valence-corrected chi connectivity index (χ0v) is 12.1. The number of hydrogen-bond acceptors (Lipinski definition) is 4. The van der Waals surface area contributed by atoms with Gasteiger partial charge in [-0.05, 0) is 43.7 Å². The van der Waals surface area contributed by atoms with Crippen LogP contribution in [0, 0.1) is 15.5 Å². The molecule has 1 aromatic carbocycles. The second-order valence-corrected chi connectivity index (χ2v) is 5.40. The fraction of sp³-hybridized carbons (Fsp3) is 0.600. The van der Waals surface area contributed by atoms with Gasteiger partial charge in [0.25, 0.3) is 0 Å². The van der Waals surface area contributed by atoms with Crippen molar-refractivity contribution in [2.75, 3.05) is 18.5 Å². The summed E-state index contributed by atoms with van der Waals surface area (Å²) in [6.07, 6.45) is 4.78. The van der Waals surface area contributed by atoms with Crippen LogP contribution in [0.4, 0.5) is 11.4 Å². The molecule has 0 aromatic heterocycles. The van der Waals surface area contributed by atoms with E-state index in [0.717, 1.165) is 13.0 Å². The molecule has 0 bridgehead atoms. The lowest BCUT2D eigenvalue weighted by atomic mass is 9.67. The van der Waals surface area contributed by atoms with Gasteiger partial charge in [-0.1, -0.05) is 19.4 Å². The van der Waals surface area contributed by atoms with Gasteiger partial charge in [0.2, 0.25) is 0 Å². The van der Waals surface area contributed by atoms with Gasteiger partial charge in [0.15, 0.2) is 5.75 Å². The fourth-order valence-electron chi connectivity index (χ4n) is 2.74. The smallest absolute Gasteiger partial charge is 0.333 e. The molecule has 0 spiro atoms. The van der Waals surface area contributed by atoms with Crippen LogP contribution >= 0.6 is 0 Å². The molecule has 0 amide bonds. The number of para-hydroxylation sites is 1. The first kappa shape index (κ1) is 14.6. The summed E-state index contributed by atoms with van der Waals surface area (Å²) in [4.78, 5) is 10.9. The van der Waals surface area contributed by atoms with E-state index in [1.165, 1.54) is 19.3 Å². The standard InChI is InChI=1S/C15H22N2O3/c1-3-15(9-6-10-15)11-16-12-7-5-8-13(20-4-2)14(12)17(18)19/h5,7-8,16H,3-4,6,9-11H2,1-2H3. The topological polar surface area (TPSA) is 64.4 Å². The van der Waals surface area contributed by atoms with Crippen molar-refractivity contribution in [3.05, 3.63) is 28.3 Å². The minimum Gasteiger partial charge on any atom is -0.487 e. The molecule has 1 fully saturated rings. The summed E-state index contributed by atoms with van der Waals surface area (Å²) < 4.78 is 5.36. The highest BCUT2D eigenvalue weighted by atomic mass is 16.6. The average molecular weight is 278 g/mol. The van der Waals surface area contributed by atoms with Crippen LogP contribution in [0.5, 0.6) is 5.75 Å². The SMILES string of the molecule is CCOc1cccc(NCC2(CC)CCC2)c1[N+](=O)[O-]. The molecule has 5 nitrogen and oxygen atoms in total. The van der Waals surface area contributed by atoms with Gasteiger partial charge in [-0.2, -0.15) is 0 Å². The molecule has 0 aliphatic heterocycles. The first-order valence-electron chi connectivity index (χ1n) is 7.26. The van der Waals surface area contributed by atoms with E-state index in [-0.39, 0.29) is 10.6 Å². The number of nitro groups is 1. The monoisotopic (exact) mass is 278 g/mol. The third kappa shape index (κ3) is 2.86. The zero-order valence-electron chi connectivity index (χ0n) is 12.1. The van der Waals surface area contributed by atoms with Gasteiger partial charge in [0, 0.05) is 6.54 Å². The van der Waals surface area contributed by atoms with E-state index in [1.54, 1.807) is 18.2 Å². The molecular weight excluding hydrogens is 256 g/mol. The van der Waals surface area contributed by atoms with Gasteiger partial charge in [-0.3, -0.25) is 10.1 Å². The van der Waals surface area contributed by atoms with Gasteiger partial charge in [-0.15, -0.1) is 0 Å². The minimum atomic E-state index is -0.368. The van der Waals surface area contributed by atoms with Crippen LogP contribution in [0.25, 0.3) is 0 Å². The Morgan fingerprint density at radius 1 is 1.40 bits per heavy atom. The molecule has 1 N–H and O–H groups in total. The summed E-state index contributed by atoms with van der Waals surface area (Å²) in [5, 5.41) is 14.5. The maximum absolute atomic E-state index is 11.3. The highest BCUT2D eigenvalue weighted by Crippen LogP contribution is 2.44. The third-order valence-corrected chi connectivity index (χ3v) is 4.30.